The average Bonchev–Trinajstić information content (AvgIpc) is 3.32. The van der Waals surface area contributed by atoms with Gasteiger partial charge in [0.15, 0.2) is 0 Å². The molecule has 176 valence electrons. The molecule has 2 amide bonds. The van der Waals surface area contributed by atoms with Gasteiger partial charge in [-0.1, -0.05) is 64.0 Å². The molecule has 1 saturated heterocycles. The number of ether oxygens (including phenoxy) is 1. The zero-order chi connectivity index (χ0) is 24.4. The third-order valence-corrected chi connectivity index (χ3v) is 7.24. The fourth-order valence-corrected chi connectivity index (χ4v) is 5.23. The first-order valence-electron chi connectivity index (χ1n) is 11.2. The number of benzene rings is 3. The van der Waals surface area contributed by atoms with Gasteiger partial charge >= 0.3 is 0 Å². The molecule has 0 radical (unpaired) electrons. The summed E-state index contributed by atoms with van der Waals surface area (Å²) in [7, 11) is 0. The van der Waals surface area contributed by atoms with E-state index < -0.39 is 0 Å². The van der Waals surface area contributed by atoms with Crippen LogP contribution in [0.15, 0.2) is 88.4 Å². The van der Waals surface area contributed by atoms with Crippen LogP contribution in [0.1, 0.15) is 16.7 Å². The highest BCUT2D eigenvalue weighted by molar-refractivity contribution is 9.10. The number of amides is 2. The van der Waals surface area contributed by atoms with E-state index >= 15 is 0 Å². The number of aromatic nitrogens is 1. The molecule has 0 aliphatic carbocycles. The summed E-state index contributed by atoms with van der Waals surface area (Å²) < 4.78 is 9.00. The molecular formula is C28H23BrN2O3S. The molecule has 0 spiro atoms. The first-order chi connectivity index (χ1) is 17.0. The second-order valence-corrected chi connectivity index (χ2v) is 10.3. The number of imide groups is 1. The number of fused-ring (bicyclic) bond motifs is 1. The van der Waals surface area contributed by atoms with Gasteiger partial charge in [0.05, 0.1) is 18.0 Å². The van der Waals surface area contributed by atoms with E-state index in [0.717, 1.165) is 44.0 Å². The van der Waals surface area contributed by atoms with Crippen LogP contribution in [-0.2, 0) is 17.9 Å². The van der Waals surface area contributed by atoms with Gasteiger partial charge in [0.25, 0.3) is 11.1 Å². The fraction of sp³-hybridized carbons (Fsp3) is 0.143. The molecule has 2 heterocycles. The molecule has 7 heteroatoms. The van der Waals surface area contributed by atoms with Crippen molar-refractivity contribution in [1.29, 1.82) is 0 Å². The van der Waals surface area contributed by atoms with Crippen molar-refractivity contribution < 1.29 is 14.3 Å². The zero-order valence-corrected chi connectivity index (χ0v) is 21.5. The van der Waals surface area contributed by atoms with E-state index in [4.69, 9.17) is 4.74 Å². The topological polar surface area (TPSA) is 51.5 Å². The van der Waals surface area contributed by atoms with Gasteiger partial charge < -0.3 is 9.30 Å². The SMILES string of the molecule is Cc1ccc(OCCn2cc(/C=C3\SC(=O)N(Cc4ccccc4)C3=O)c3cc(Br)ccc32)cc1. The molecule has 5 nitrogen and oxygen atoms in total. The maximum absolute atomic E-state index is 13.1. The fourth-order valence-electron chi connectivity index (χ4n) is 4.04. The van der Waals surface area contributed by atoms with E-state index in [1.165, 1.54) is 10.5 Å². The monoisotopic (exact) mass is 546 g/mol. The first-order valence-corrected chi connectivity index (χ1v) is 12.9. The molecule has 1 aromatic heterocycles. The molecule has 0 atom stereocenters. The number of halogens is 1. The van der Waals surface area contributed by atoms with E-state index in [1.807, 2.05) is 92.0 Å². The predicted molar refractivity (Wildman–Crippen MR) is 144 cm³/mol. The normalized spacial score (nSPS) is 14.9. The molecule has 1 fully saturated rings. The standard InChI is InChI=1S/C28H23BrN2O3S/c1-19-7-10-23(11-8-19)34-14-13-30-18-21(24-16-22(29)9-12-25(24)30)15-26-27(32)31(28(33)35-26)17-20-5-3-2-4-6-20/h2-12,15-16,18H,13-14,17H2,1H3/b26-15-. The third-order valence-electron chi connectivity index (χ3n) is 5.84. The highest BCUT2D eigenvalue weighted by Crippen LogP contribution is 2.35. The average molecular weight is 547 g/mol. The van der Waals surface area contributed by atoms with E-state index in [-0.39, 0.29) is 17.7 Å². The summed E-state index contributed by atoms with van der Waals surface area (Å²) in [6.07, 6.45) is 3.84. The van der Waals surface area contributed by atoms with Gasteiger partial charge in [-0.05, 0) is 60.7 Å². The Balaban J connectivity index is 1.38. The third kappa shape index (κ3) is 5.21. The smallest absolute Gasteiger partial charge is 0.293 e. The lowest BCUT2D eigenvalue weighted by molar-refractivity contribution is -0.123. The minimum absolute atomic E-state index is 0.249. The Morgan fingerprint density at radius 3 is 2.54 bits per heavy atom. The summed E-state index contributed by atoms with van der Waals surface area (Å²) >= 11 is 4.54. The highest BCUT2D eigenvalue weighted by atomic mass is 79.9. The number of carbonyl (C=O) groups excluding carboxylic acids is 2. The van der Waals surface area contributed by atoms with Crippen molar-refractivity contribution in [1.82, 2.24) is 9.47 Å². The zero-order valence-electron chi connectivity index (χ0n) is 19.1. The van der Waals surface area contributed by atoms with Crippen LogP contribution in [0, 0.1) is 6.92 Å². The lowest BCUT2D eigenvalue weighted by Crippen LogP contribution is -2.27. The first kappa shape index (κ1) is 23.5. The minimum atomic E-state index is -0.262. The highest BCUT2D eigenvalue weighted by Gasteiger charge is 2.35. The van der Waals surface area contributed by atoms with Crippen molar-refractivity contribution in [3.63, 3.8) is 0 Å². The van der Waals surface area contributed by atoms with E-state index in [1.54, 1.807) is 0 Å². The molecule has 3 aromatic carbocycles. The van der Waals surface area contributed by atoms with Crippen LogP contribution < -0.4 is 4.74 Å². The number of aryl methyl sites for hydroxylation is 1. The van der Waals surface area contributed by atoms with Gasteiger partial charge in [-0.2, -0.15) is 0 Å². The van der Waals surface area contributed by atoms with E-state index in [9.17, 15) is 9.59 Å². The van der Waals surface area contributed by atoms with Crippen LogP contribution in [0.3, 0.4) is 0 Å². The largest absolute Gasteiger partial charge is 0.492 e. The molecule has 0 unspecified atom stereocenters. The van der Waals surface area contributed by atoms with Crippen LogP contribution >= 0.6 is 27.7 Å². The molecule has 1 aliphatic rings. The van der Waals surface area contributed by atoms with Gasteiger partial charge in [-0.3, -0.25) is 14.5 Å². The summed E-state index contributed by atoms with van der Waals surface area (Å²) in [5.74, 6) is 0.574. The maximum Gasteiger partial charge on any atom is 0.293 e. The second kappa shape index (κ2) is 10.1. The van der Waals surface area contributed by atoms with Crippen LogP contribution in [-0.4, -0.2) is 27.2 Å². The summed E-state index contributed by atoms with van der Waals surface area (Å²) in [6.45, 7) is 3.48. The molecular weight excluding hydrogens is 524 g/mol. The van der Waals surface area contributed by atoms with Crippen molar-refractivity contribution in [2.45, 2.75) is 20.0 Å². The van der Waals surface area contributed by atoms with Crippen molar-refractivity contribution in [2.75, 3.05) is 6.61 Å². The van der Waals surface area contributed by atoms with Crippen molar-refractivity contribution in [2.24, 2.45) is 0 Å². The molecule has 5 rings (SSSR count). The van der Waals surface area contributed by atoms with Crippen LogP contribution in [0.25, 0.3) is 17.0 Å². The number of carbonyl (C=O) groups is 2. The Bertz CT molecular complexity index is 1430. The maximum atomic E-state index is 13.1. The number of rotatable bonds is 7. The molecule has 0 N–H and O–H groups in total. The predicted octanol–water partition coefficient (Wildman–Crippen LogP) is 7.03. The Labute approximate surface area is 216 Å². The summed E-state index contributed by atoms with van der Waals surface area (Å²) in [4.78, 5) is 27.4. The second-order valence-electron chi connectivity index (χ2n) is 8.35. The lowest BCUT2D eigenvalue weighted by atomic mass is 10.1. The number of thioether (sulfide) groups is 1. The molecule has 4 aromatic rings. The minimum Gasteiger partial charge on any atom is -0.492 e. The summed E-state index contributed by atoms with van der Waals surface area (Å²) in [5.41, 5.74) is 4.04. The quantitative estimate of drug-likeness (QED) is 0.233. The van der Waals surface area contributed by atoms with Gasteiger partial charge in [-0.15, -0.1) is 0 Å². The van der Waals surface area contributed by atoms with Crippen molar-refractivity contribution in [3.05, 3.63) is 105 Å². The van der Waals surface area contributed by atoms with Crippen molar-refractivity contribution >= 4 is 55.8 Å². The summed E-state index contributed by atoms with van der Waals surface area (Å²) in [5, 5.41) is 0.756. The number of hydrogen-bond donors (Lipinski definition) is 0. The van der Waals surface area contributed by atoms with Crippen LogP contribution in [0.5, 0.6) is 5.75 Å². The molecule has 1 aliphatic heterocycles. The van der Waals surface area contributed by atoms with Gasteiger partial charge in [-0.25, -0.2) is 0 Å². The Morgan fingerprint density at radius 1 is 1.00 bits per heavy atom. The number of nitrogens with zero attached hydrogens (tertiary/aromatic N) is 2. The van der Waals surface area contributed by atoms with Crippen LogP contribution in [0.2, 0.25) is 0 Å². The molecule has 0 bridgehead atoms. The van der Waals surface area contributed by atoms with Gasteiger partial charge in [0, 0.05) is 27.1 Å². The van der Waals surface area contributed by atoms with Crippen molar-refractivity contribution in [3.8, 4) is 5.75 Å². The summed E-state index contributed by atoms with van der Waals surface area (Å²) in [6, 6.07) is 23.6. The lowest BCUT2D eigenvalue weighted by Gasteiger charge is -2.12. The Morgan fingerprint density at radius 2 is 1.77 bits per heavy atom. The molecule has 35 heavy (non-hydrogen) atoms. The Hall–Kier alpha value is -3.29. The van der Waals surface area contributed by atoms with Crippen LogP contribution in [0.4, 0.5) is 4.79 Å². The molecule has 0 saturated carbocycles. The van der Waals surface area contributed by atoms with Gasteiger partial charge in [0.2, 0.25) is 0 Å². The van der Waals surface area contributed by atoms with Gasteiger partial charge in [0.1, 0.15) is 12.4 Å². The Kier molecular flexibility index (Phi) is 6.79. The van der Waals surface area contributed by atoms with E-state index in [2.05, 4.69) is 20.5 Å². The van der Waals surface area contributed by atoms with E-state index in [0.29, 0.717) is 18.1 Å². The number of hydrogen-bond acceptors (Lipinski definition) is 4.